The van der Waals surface area contributed by atoms with Crippen LogP contribution in [0.1, 0.15) is 47.8 Å². The van der Waals surface area contributed by atoms with E-state index in [9.17, 15) is 14.7 Å². The van der Waals surface area contributed by atoms with Gasteiger partial charge in [0.1, 0.15) is 18.1 Å². The lowest BCUT2D eigenvalue weighted by Gasteiger charge is -2.16. The Balaban J connectivity index is 1.53. The van der Waals surface area contributed by atoms with Crippen LogP contribution in [0, 0.1) is 5.41 Å². The van der Waals surface area contributed by atoms with Gasteiger partial charge >= 0.3 is 6.03 Å². The van der Waals surface area contributed by atoms with Gasteiger partial charge in [-0.05, 0) is 29.8 Å². The van der Waals surface area contributed by atoms with Gasteiger partial charge in [-0.2, -0.15) is 0 Å². The van der Waals surface area contributed by atoms with Crippen molar-refractivity contribution in [2.45, 2.75) is 27.4 Å². The molecular formula is C30H32N3O4+. The Bertz CT molecular complexity index is 1320. The molecule has 190 valence electrons. The summed E-state index contributed by atoms with van der Waals surface area (Å²) in [5.74, 6) is 0.687. The van der Waals surface area contributed by atoms with E-state index in [-0.39, 0.29) is 17.4 Å². The standard InChI is InChI=1S/C30H31N3O4/c1-20(32-29(36)33-27(31)18-26(34)30(2,3)4)22-14-16-25(17-15-22)37-19-21-10-12-24(13-11-21)28(35)23-8-6-5-7-9-23/h5-18,34H,1,19H2,2-4H3,(H3,31,32,33,36)/p+1/b26-18-. The first-order chi connectivity index (χ1) is 17.5. The number of urea groups is 1. The molecule has 0 aliphatic heterocycles. The van der Waals surface area contributed by atoms with Crippen molar-refractivity contribution < 1.29 is 24.4 Å². The molecule has 0 spiro atoms. The van der Waals surface area contributed by atoms with Crippen molar-refractivity contribution in [2.24, 2.45) is 11.1 Å². The van der Waals surface area contributed by atoms with Crippen LogP contribution in [0.4, 0.5) is 4.79 Å². The van der Waals surface area contributed by atoms with Crippen LogP contribution in [-0.4, -0.2) is 22.8 Å². The minimum absolute atomic E-state index is 0.0129. The summed E-state index contributed by atoms with van der Waals surface area (Å²) < 4.78 is 5.85. The summed E-state index contributed by atoms with van der Waals surface area (Å²) in [6.45, 7) is 9.70. The predicted octanol–water partition coefficient (Wildman–Crippen LogP) is 4.10. The van der Waals surface area contributed by atoms with Crippen LogP contribution in [0.5, 0.6) is 5.75 Å². The van der Waals surface area contributed by atoms with E-state index < -0.39 is 11.4 Å². The predicted molar refractivity (Wildman–Crippen MR) is 145 cm³/mol. The summed E-state index contributed by atoms with van der Waals surface area (Å²) in [4.78, 5) is 27.2. The highest BCUT2D eigenvalue weighted by Gasteiger charge is 2.17. The third-order valence-corrected chi connectivity index (χ3v) is 5.44. The van der Waals surface area contributed by atoms with E-state index in [1.165, 1.54) is 6.08 Å². The molecule has 7 heteroatoms. The molecule has 2 amide bonds. The average molecular weight is 499 g/mol. The number of nitrogens with two attached hydrogens (primary N) is 1. The second-order valence-electron chi connectivity index (χ2n) is 9.50. The normalized spacial score (nSPS) is 12.1. The zero-order valence-corrected chi connectivity index (χ0v) is 21.2. The number of carbonyl (C=O) groups excluding carboxylic acids is 2. The zero-order valence-electron chi connectivity index (χ0n) is 21.2. The topological polar surface area (TPSA) is 116 Å². The van der Waals surface area contributed by atoms with Gasteiger partial charge in [0.05, 0.1) is 5.70 Å². The maximum atomic E-state index is 12.5. The van der Waals surface area contributed by atoms with Gasteiger partial charge in [0.15, 0.2) is 5.78 Å². The highest BCUT2D eigenvalue weighted by molar-refractivity contribution is 6.08. The molecule has 0 aliphatic carbocycles. The fourth-order valence-corrected chi connectivity index (χ4v) is 3.20. The van der Waals surface area contributed by atoms with Gasteiger partial charge < -0.3 is 15.6 Å². The number of aliphatic hydroxyl groups is 1. The summed E-state index contributed by atoms with van der Waals surface area (Å²) in [6.07, 6.45) is 1.31. The van der Waals surface area contributed by atoms with Gasteiger partial charge in [0.25, 0.3) is 0 Å². The zero-order chi connectivity index (χ0) is 27.0. The first kappa shape index (κ1) is 26.9. The maximum absolute atomic E-state index is 12.5. The molecule has 3 aromatic rings. The molecule has 5 N–H and O–H groups in total. The lowest BCUT2D eigenvalue weighted by atomic mass is 9.93. The van der Waals surface area contributed by atoms with Crippen LogP contribution < -0.4 is 20.8 Å². The Morgan fingerprint density at radius 3 is 2.11 bits per heavy atom. The van der Waals surface area contributed by atoms with Crippen molar-refractivity contribution in [3.05, 3.63) is 120 Å². The third-order valence-electron chi connectivity index (χ3n) is 5.44. The molecule has 0 unspecified atom stereocenters. The lowest BCUT2D eigenvalue weighted by Crippen LogP contribution is -2.81. The number of rotatable bonds is 8. The number of amidine groups is 1. The van der Waals surface area contributed by atoms with E-state index in [2.05, 4.69) is 16.9 Å². The van der Waals surface area contributed by atoms with E-state index in [1.807, 2.05) is 51.1 Å². The second-order valence-corrected chi connectivity index (χ2v) is 9.50. The Hall–Kier alpha value is -4.65. The molecule has 3 rings (SSSR count). The molecule has 37 heavy (non-hydrogen) atoms. The van der Waals surface area contributed by atoms with Gasteiger partial charge in [0.2, 0.25) is 5.84 Å². The van der Waals surface area contributed by atoms with Crippen molar-refractivity contribution >= 4 is 23.3 Å². The van der Waals surface area contributed by atoms with Crippen molar-refractivity contribution in [2.75, 3.05) is 0 Å². The summed E-state index contributed by atoms with van der Waals surface area (Å²) in [6, 6.07) is 23.0. The van der Waals surface area contributed by atoms with Crippen molar-refractivity contribution in [3.8, 4) is 5.75 Å². The fraction of sp³-hybridized carbons (Fsp3) is 0.167. The molecule has 0 saturated heterocycles. The molecule has 0 fully saturated rings. The second kappa shape index (κ2) is 11.9. The first-order valence-corrected chi connectivity index (χ1v) is 11.8. The minimum Gasteiger partial charge on any atom is -0.512 e. The number of hydrogen-bond acceptors (Lipinski definition) is 4. The largest absolute Gasteiger partial charge is 0.512 e. The number of amides is 2. The SMILES string of the molecule is C=C(NC(=O)/[NH+]=C(N)\C=C(/O)C(C)(C)C)c1ccc(OCc2ccc(C(=O)c3ccccc3)cc2)cc1. The van der Waals surface area contributed by atoms with Crippen LogP contribution in [0.25, 0.3) is 5.70 Å². The Kier molecular flexibility index (Phi) is 8.64. The lowest BCUT2D eigenvalue weighted by molar-refractivity contribution is -0.342. The maximum Gasteiger partial charge on any atom is 0.438 e. The summed E-state index contributed by atoms with van der Waals surface area (Å²) in [5, 5.41) is 12.6. The van der Waals surface area contributed by atoms with E-state index in [0.29, 0.717) is 34.7 Å². The van der Waals surface area contributed by atoms with Crippen LogP contribution in [0.2, 0.25) is 0 Å². The number of ketones is 1. The molecule has 0 aliphatic rings. The van der Waals surface area contributed by atoms with E-state index >= 15 is 0 Å². The van der Waals surface area contributed by atoms with Crippen LogP contribution in [-0.2, 0) is 6.61 Å². The van der Waals surface area contributed by atoms with Crippen molar-refractivity contribution in [1.82, 2.24) is 5.32 Å². The Morgan fingerprint density at radius 1 is 0.946 bits per heavy atom. The third kappa shape index (κ3) is 7.93. The van der Waals surface area contributed by atoms with Gasteiger partial charge in [0, 0.05) is 28.2 Å². The number of benzene rings is 3. The first-order valence-electron chi connectivity index (χ1n) is 11.8. The van der Waals surface area contributed by atoms with Gasteiger partial charge in [-0.25, -0.2) is 15.1 Å². The molecule has 7 nitrogen and oxygen atoms in total. The van der Waals surface area contributed by atoms with Crippen LogP contribution >= 0.6 is 0 Å². The highest BCUT2D eigenvalue weighted by Crippen LogP contribution is 2.21. The smallest absolute Gasteiger partial charge is 0.438 e. The molecule has 0 atom stereocenters. The van der Waals surface area contributed by atoms with Gasteiger partial charge in [-0.3, -0.25) is 4.79 Å². The Morgan fingerprint density at radius 2 is 1.51 bits per heavy atom. The molecule has 0 saturated carbocycles. The fourth-order valence-electron chi connectivity index (χ4n) is 3.20. The number of nitrogens with one attached hydrogen (secondary N) is 2. The number of ether oxygens (including phenoxy) is 1. The monoisotopic (exact) mass is 498 g/mol. The number of aliphatic hydroxyl groups excluding tert-OH is 1. The number of allylic oxidation sites excluding steroid dienone is 1. The van der Waals surface area contributed by atoms with E-state index in [1.54, 1.807) is 48.5 Å². The van der Waals surface area contributed by atoms with Gasteiger partial charge in [-0.15, -0.1) is 0 Å². The molecule has 0 bridgehead atoms. The summed E-state index contributed by atoms with van der Waals surface area (Å²) >= 11 is 0. The summed E-state index contributed by atoms with van der Waals surface area (Å²) in [7, 11) is 0. The molecule has 0 aromatic heterocycles. The van der Waals surface area contributed by atoms with Crippen molar-refractivity contribution in [3.63, 3.8) is 0 Å². The van der Waals surface area contributed by atoms with Crippen LogP contribution in [0.15, 0.2) is 97.3 Å². The molecule has 0 heterocycles. The average Bonchev–Trinajstić information content (AvgIpc) is 2.87. The summed E-state index contributed by atoms with van der Waals surface area (Å²) in [5.41, 5.74) is 8.56. The van der Waals surface area contributed by atoms with E-state index in [0.717, 1.165) is 5.56 Å². The number of hydrogen-bond donors (Lipinski definition) is 4. The van der Waals surface area contributed by atoms with Crippen molar-refractivity contribution in [1.29, 1.82) is 0 Å². The molecule has 0 radical (unpaired) electrons. The molecular weight excluding hydrogens is 466 g/mol. The minimum atomic E-state index is -0.574. The quantitative estimate of drug-likeness (QED) is 0.162. The van der Waals surface area contributed by atoms with Gasteiger partial charge in [-0.1, -0.05) is 81.9 Å². The Labute approximate surface area is 217 Å². The highest BCUT2D eigenvalue weighted by atomic mass is 16.5. The number of carbonyl (C=O) groups is 2. The van der Waals surface area contributed by atoms with Crippen LogP contribution in [0.3, 0.4) is 0 Å². The molecule has 3 aromatic carbocycles. The van der Waals surface area contributed by atoms with E-state index in [4.69, 9.17) is 10.5 Å².